The summed E-state index contributed by atoms with van der Waals surface area (Å²) in [5, 5.41) is 2.99. The summed E-state index contributed by atoms with van der Waals surface area (Å²) in [6.45, 7) is 6.43. The number of rotatable bonds is 8. The molecule has 0 unspecified atom stereocenters. The number of hydrogen-bond donors (Lipinski definition) is 1. The van der Waals surface area contributed by atoms with E-state index < -0.39 is 0 Å². The summed E-state index contributed by atoms with van der Waals surface area (Å²) in [5.74, 6) is 2.30. The first-order valence-electron chi connectivity index (χ1n) is 10.5. The number of ether oxygens (including phenoxy) is 3. The van der Waals surface area contributed by atoms with Gasteiger partial charge in [-0.25, -0.2) is 0 Å². The number of nitrogens with one attached hydrogen (secondary N) is 1. The molecule has 0 spiro atoms. The molecule has 1 saturated heterocycles. The van der Waals surface area contributed by atoms with E-state index in [4.69, 9.17) is 14.2 Å². The predicted molar refractivity (Wildman–Crippen MR) is 119 cm³/mol. The van der Waals surface area contributed by atoms with Crippen molar-refractivity contribution in [2.45, 2.75) is 32.7 Å². The van der Waals surface area contributed by atoms with E-state index in [0.717, 1.165) is 24.6 Å². The van der Waals surface area contributed by atoms with Gasteiger partial charge in [0.25, 0.3) is 5.91 Å². The Morgan fingerprint density at radius 2 is 1.73 bits per heavy atom. The molecule has 0 bridgehead atoms. The highest BCUT2D eigenvalue weighted by Crippen LogP contribution is 2.27. The first kappa shape index (κ1) is 21.8. The van der Waals surface area contributed by atoms with Crippen LogP contribution in [0.15, 0.2) is 42.5 Å². The number of piperidine rings is 1. The molecule has 2 atom stereocenters. The van der Waals surface area contributed by atoms with Crippen molar-refractivity contribution in [1.82, 2.24) is 5.32 Å². The normalized spacial score (nSPS) is 17.2. The Labute approximate surface area is 179 Å². The van der Waals surface area contributed by atoms with Crippen LogP contribution in [0.25, 0.3) is 0 Å². The Kier molecular flexibility index (Phi) is 7.44. The molecule has 1 N–H and O–H groups in total. The summed E-state index contributed by atoms with van der Waals surface area (Å²) in [5.41, 5.74) is 2.32. The van der Waals surface area contributed by atoms with Crippen LogP contribution in [0.2, 0.25) is 0 Å². The van der Waals surface area contributed by atoms with Crippen molar-refractivity contribution >= 4 is 11.6 Å². The van der Waals surface area contributed by atoms with E-state index in [1.165, 1.54) is 18.5 Å². The lowest BCUT2D eigenvalue weighted by Gasteiger charge is -2.33. The van der Waals surface area contributed by atoms with Gasteiger partial charge in [0.2, 0.25) is 0 Å². The number of anilines is 1. The van der Waals surface area contributed by atoms with Gasteiger partial charge in [-0.2, -0.15) is 0 Å². The van der Waals surface area contributed by atoms with E-state index in [1.54, 1.807) is 32.4 Å². The number of methoxy groups -OCH3 is 2. The minimum absolute atomic E-state index is 0.0790. The lowest BCUT2D eigenvalue weighted by molar-refractivity contribution is -0.123. The predicted octanol–water partition coefficient (Wildman–Crippen LogP) is 4.20. The summed E-state index contributed by atoms with van der Waals surface area (Å²) in [6, 6.07) is 13.6. The molecule has 0 radical (unpaired) electrons. The largest absolute Gasteiger partial charge is 0.496 e. The molecular weight excluding hydrogens is 380 g/mol. The Morgan fingerprint density at radius 3 is 2.33 bits per heavy atom. The highest BCUT2D eigenvalue weighted by molar-refractivity contribution is 5.78. The van der Waals surface area contributed by atoms with E-state index in [1.807, 2.05) is 6.92 Å². The molecule has 1 amide bonds. The maximum atomic E-state index is 12.4. The highest BCUT2D eigenvalue weighted by Gasteiger charge is 2.17. The lowest BCUT2D eigenvalue weighted by Crippen LogP contribution is -2.34. The third-order valence-electron chi connectivity index (χ3n) is 5.49. The van der Waals surface area contributed by atoms with E-state index in [9.17, 15) is 4.79 Å². The SMILES string of the molecule is COc1cc(OC)cc(OCC(=O)N[C@H](C)c2ccc(N3CCC[C@@H](C)C3)cc2)c1. The first-order chi connectivity index (χ1) is 14.5. The average molecular weight is 413 g/mol. The number of hydrogen-bond acceptors (Lipinski definition) is 5. The van der Waals surface area contributed by atoms with Crippen LogP contribution in [0.4, 0.5) is 5.69 Å². The van der Waals surface area contributed by atoms with Crippen molar-refractivity contribution in [3.8, 4) is 17.2 Å². The van der Waals surface area contributed by atoms with E-state index in [0.29, 0.717) is 17.2 Å². The Bertz CT molecular complexity index is 815. The monoisotopic (exact) mass is 412 g/mol. The molecule has 1 fully saturated rings. The van der Waals surface area contributed by atoms with Crippen LogP contribution in [0.5, 0.6) is 17.2 Å². The Balaban J connectivity index is 1.53. The maximum absolute atomic E-state index is 12.4. The van der Waals surface area contributed by atoms with Gasteiger partial charge in [0.15, 0.2) is 6.61 Å². The first-order valence-corrected chi connectivity index (χ1v) is 10.5. The average Bonchev–Trinajstić information content (AvgIpc) is 2.77. The Morgan fingerprint density at radius 1 is 1.10 bits per heavy atom. The molecular formula is C24H32N2O4. The zero-order valence-corrected chi connectivity index (χ0v) is 18.3. The molecule has 6 heteroatoms. The molecule has 3 rings (SSSR count). The molecule has 6 nitrogen and oxygen atoms in total. The van der Waals surface area contributed by atoms with E-state index in [-0.39, 0.29) is 18.6 Å². The minimum Gasteiger partial charge on any atom is -0.496 e. The lowest BCUT2D eigenvalue weighted by atomic mass is 9.99. The summed E-state index contributed by atoms with van der Waals surface area (Å²) in [7, 11) is 3.15. The third kappa shape index (κ3) is 5.81. The van der Waals surface area contributed by atoms with Crippen molar-refractivity contribution in [3.63, 3.8) is 0 Å². The second kappa shape index (κ2) is 10.2. The Hall–Kier alpha value is -2.89. The quantitative estimate of drug-likeness (QED) is 0.704. The topological polar surface area (TPSA) is 60.0 Å². The number of amides is 1. The van der Waals surface area contributed by atoms with Crippen LogP contribution in [0.3, 0.4) is 0 Å². The number of carbonyl (C=O) groups excluding carboxylic acids is 1. The fraction of sp³-hybridized carbons (Fsp3) is 0.458. The van der Waals surface area contributed by atoms with Gasteiger partial charge < -0.3 is 24.4 Å². The second-order valence-electron chi connectivity index (χ2n) is 7.91. The van der Waals surface area contributed by atoms with Gasteiger partial charge >= 0.3 is 0 Å². The van der Waals surface area contributed by atoms with Crippen molar-refractivity contribution in [2.24, 2.45) is 5.92 Å². The van der Waals surface area contributed by atoms with Gasteiger partial charge in [0.1, 0.15) is 17.2 Å². The molecule has 162 valence electrons. The van der Waals surface area contributed by atoms with Crippen molar-refractivity contribution < 1.29 is 19.0 Å². The van der Waals surface area contributed by atoms with Gasteiger partial charge in [-0.15, -0.1) is 0 Å². The van der Waals surface area contributed by atoms with Gasteiger partial charge in [-0.05, 0) is 43.4 Å². The summed E-state index contributed by atoms with van der Waals surface area (Å²) in [4.78, 5) is 14.8. The highest BCUT2D eigenvalue weighted by atomic mass is 16.5. The van der Waals surface area contributed by atoms with Crippen LogP contribution < -0.4 is 24.4 Å². The third-order valence-corrected chi connectivity index (χ3v) is 5.49. The zero-order chi connectivity index (χ0) is 21.5. The van der Waals surface area contributed by atoms with Crippen LogP contribution in [-0.2, 0) is 4.79 Å². The van der Waals surface area contributed by atoms with Gasteiger partial charge in [-0.1, -0.05) is 19.1 Å². The van der Waals surface area contributed by atoms with E-state index in [2.05, 4.69) is 41.4 Å². The van der Waals surface area contributed by atoms with Crippen LogP contribution in [0.1, 0.15) is 38.3 Å². The van der Waals surface area contributed by atoms with Crippen LogP contribution >= 0.6 is 0 Å². The summed E-state index contributed by atoms with van der Waals surface area (Å²) < 4.78 is 16.1. The standard InChI is InChI=1S/C24H32N2O4/c1-17-6-5-11-26(15-17)20-9-7-19(8-10-20)18(2)25-24(27)16-30-23-13-21(28-3)12-22(14-23)29-4/h7-10,12-14,17-18H,5-6,11,15-16H2,1-4H3,(H,25,27)/t17-,18-/m1/s1. The van der Waals surface area contributed by atoms with Crippen LogP contribution in [-0.4, -0.2) is 39.8 Å². The number of benzene rings is 2. The number of nitrogens with zero attached hydrogens (tertiary/aromatic N) is 1. The molecule has 1 aliphatic heterocycles. The van der Waals surface area contributed by atoms with Crippen molar-refractivity contribution in [3.05, 3.63) is 48.0 Å². The van der Waals surface area contributed by atoms with Gasteiger partial charge in [0.05, 0.1) is 20.3 Å². The molecule has 1 heterocycles. The molecule has 2 aromatic rings. The van der Waals surface area contributed by atoms with Gasteiger partial charge in [-0.3, -0.25) is 4.79 Å². The molecule has 1 aliphatic rings. The smallest absolute Gasteiger partial charge is 0.258 e. The van der Waals surface area contributed by atoms with Crippen LogP contribution in [0, 0.1) is 5.92 Å². The van der Waals surface area contributed by atoms with Crippen molar-refractivity contribution in [1.29, 1.82) is 0 Å². The second-order valence-corrected chi connectivity index (χ2v) is 7.91. The molecule has 0 aliphatic carbocycles. The maximum Gasteiger partial charge on any atom is 0.258 e. The fourth-order valence-corrected chi connectivity index (χ4v) is 3.78. The minimum atomic E-state index is -0.182. The zero-order valence-electron chi connectivity index (χ0n) is 18.3. The molecule has 0 saturated carbocycles. The van der Waals surface area contributed by atoms with Crippen molar-refractivity contribution in [2.75, 3.05) is 38.8 Å². The molecule has 30 heavy (non-hydrogen) atoms. The fourth-order valence-electron chi connectivity index (χ4n) is 3.78. The summed E-state index contributed by atoms with van der Waals surface area (Å²) >= 11 is 0. The van der Waals surface area contributed by atoms with E-state index >= 15 is 0 Å². The van der Waals surface area contributed by atoms with Gasteiger partial charge in [0, 0.05) is 37.0 Å². The summed E-state index contributed by atoms with van der Waals surface area (Å²) in [6.07, 6.45) is 2.55. The molecule has 2 aromatic carbocycles. The number of carbonyl (C=O) groups is 1. The molecule has 0 aromatic heterocycles.